The zero-order valence-corrected chi connectivity index (χ0v) is 35.2. The Balaban J connectivity index is 4.41. The molecule has 0 saturated heterocycles. The number of phosphoric acid groups is 1. The lowest BCUT2D eigenvalue weighted by Crippen LogP contribution is -2.37. The fourth-order valence-corrected chi connectivity index (χ4v) is 6.31. The molecule has 1 unspecified atom stereocenters. The molecule has 0 heterocycles. The number of carbonyl (C=O) groups excluding carboxylic acids is 2. The molecule has 10 heteroatoms. The maximum absolute atomic E-state index is 12.6. The van der Waals surface area contributed by atoms with Crippen molar-refractivity contribution in [2.24, 2.45) is 0 Å². The number of likely N-dealkylation sites (N-methyl/N-ethyl adjacent to an activating group) is 1. The van der Waals surface area contributed by atoms with E-state index in [1.165, 1.54) is 89.9 Å². The summed E-state index contributed by atoms with van der Waals surface area (Å²) in [7, 11) is 1.16. The highest BCUT2D eigenvalue weighted by Gasteiger charge is 2.21. The molecule has 0 aliphatic carbocycles. The van der Waals surface area contributed by atoms with E-state index >= 15 is 0 Å². The highest BCUT2D eigenvalue weighted by molar-refractivity contribution is 7.45. The van der Waals surface area contributed by atoms with Crippen molar-refractivity contribution < 1.29 is 42.1 Å². The van der Waals surface area contributed by atoms with E-state index in [4.69, 9.17) is 18.5 Å². The first kappa shape index (κ1) is 50.5. The lowest BCUT2D eigenvalue weighted by atomic mass is 10.1. The van der Waals surface area contributed by atoms with Crippen LogP contribution in [0.25, 0.3) is 0 Å². The second-order valence-electron chi connectivity index (χ2n) is 15.3. The Morgan fingerprint density at radius 2 is 0.981 bits per heavy atom. The van der Waals surface area contributed by atoms with Crippen molar-refractivity contribution >= 4 is 19.8 Å². The van der Waals surface area contributed by atoms with Gasteiger partial charge in [-0.15, -0.1) is 0 Å². The quantitative estimate of drug-likeness (QED) is 0.0201. The number of carbonyl (C=O) groups is 2. The molecule has 0 aliphatic rings. The van der Waals surface area contributed by atoms with Gasteiger partial charge < -0.3 is 27.9 Å². The summed E-state index contributed by atoms with van der Waals surface area (Å²) in [5.74, 6) is -0.857. The zero-order chi connectivity index (χ0) is 38.6. The second kappa shape index (κ2) is 35.2. The summed E-state index contributed by atoms with van der Waals surface area (Å²) in [6, 6.07) is 0. The minimum atomic E-state index is -4.62. The summed E-state index contributed by atoms with van der Waals surface area (Å²) in [4.78, 5) is 37.4. The molecule has 0 N–H and O–H groups in total. The van der Waals surface area contributed by atoms with E-state index in [0.717, 1.165) is 51.4 Å². The summed E-state index contributed by atoms with van der Waals surface area (Å²) in [6.07, 6.45) is 36.3. The first-order valence-corrected chi connectivity index (χ1v) is 22.5. The lowest BCUT2D eigenvalue weighted by Gasteiger charge is -2.28. The number of phosphoric ester groups is 1. The Kier molecular flexibility index (Phi) is 34.2. The average molecular weight is 758 g/mol. The summed E-state index contributed by atoms with van der Waals surface area (Å²) < 4.78 is 33.8. The zero-order valence-electron chi connectivity index (χ0n) is 34.3. The first-order chi connectivity index (χ1) is 25.0. The van der Waals surface area contributed by atoms with Gasteiger partial charge in [-0.1, -0.05) is 128 Å². The molecule has 0 spiro atoms. The lowest BCUT2D eigenvalue weighted by molar-refractivity contribution is -0.870. The number of esters is 2. The Morgan fingerprint density at radius 3 is 1.46 bits per heavy atom. The maximum atomic E-state index is 12.6. The van der Waals surface area contributed by atoms with Gasteiger partial charge in [0, 0.05) is 12.8 Å². The number of nitrogens with zero attached hydrogens (tertiary/aromatic N) is 1. The van der Waals surface area contributed by atoms with Crippen LogP contribution in [0.4, 0.5) is 0 Å². The topological polar surface area (TPSA) is 111 Å². The molecule has 0 aromatic heterocycles. The van der Waals surface area contributed by atoms with Crippen LogP contribution >= 0.6 is 7.82 Å². The molecule has 0 saturated carbocycles. The van der Waals surface area contributed by atoms with Crippen LogP contribution in [0, 0.1) is 0 Å². The van der Waals surface area contributed by atoms with Crippen molar-refractivity contribution in [3.63, 3.8) is 0 Å². The number of hydrogen-bond donors (Lipinski definition) is 0. The molecule has 0 bridgehead atoms. The molecule has 0 radical (unpaired) electrons. The molecular weight excluding hydrogens is 677 g/mol. The van der Waals surface area contributed by atoms with Crippen LogP contribution in [0.5, 0.6) is 0 Å². The molecule has 0 aliphatic heterocycles. The van der Waals surface area contributed by atoms with Crippen LogP contribution in [0.1, 0.15) is 181 Å². The highest BCUT2D eigenvalue weighted by Crippen LogP contribution is 2.38. The largest absolute Gasteiger partial charge is 0.756 e. The van der Waals surface area contributed by atoms with Crippen molar-refractivity contribution in [3.05, 3.63) is 24.3 Å². The van der Waals surface area contributed by atoms with Crippen LogP contribution in [0.2, 0.25) is 0 Å². The summed E-state index contributed by atoms with van der Waals surface area (Å²) >= 11 is 0. The van der Waals surface area contributed by atoms with Crippen LogP contribution < -0.4 is 4.89 Å². The predicted molar refractivity (Wildman–Crippen MR) is 213 cm³/mol. The minimum Gasteiger partial charge on any atom is -0.756 e. The molecule has 9 nitrogen and oxygen atoms in total. The standard InChI is InChI=1S/C42H80NO8P/c1-6-8-10-12-14-16-18-20-21-23-25-27-29-31-33-35-42(45)51-40(39-50-52(46,47)49-37-36-43(3,4)5)38-48-41(44)34-32-30-28-26-24-22-19-17-15-13-11-9-7-2/h16,18,22,24,40H,6-15,17,19-21,23,25-39H2,1-5H3/b18-16+,24-22+/t40-/m1/s1. The van der Waals surface area contributed by atoms with Gasteiger partial charge in [-0.25, -0.2) is 0 Å². The number of quaternary nitrogens is 1. The summed E-state index contributed by atoms with van der Waals surface area (Å²) in [5.41, 5.74) is 0. The van der Waals surface area contributed by atoms with E-state index in [1.807, 2.05) is 21.1 Å². The van der Waals surface area contributed by atoms with Gasteiger partial charge in [0.15, 0.2) is 6.10 Å². The van der Waals surface area contributed by atoms with Gasteiger partial charge >= 0.3 is 11.9 Å². The van der Waals surface area contributed by atoms with Crippen LogP contribution in [0.3, 0.4) is 0 Å². The number of unbranched alkanes of at least 4 members (excludes halogenated alkanes) is 20. The smallest absolute Gasteiger partial charge is 0.306 e. The molecule has 0 aromatic rings. The Hall–Kier alpha value is -1.51. The van der Waals surface area contributed by atoms with E-state index in [2.05, 4.69) is 38.2 Å². The number of rotatable bonds is 38. The van der Waals surface area contributed by atoms with Gasteiger partial charge in [0.1, 0.15) is 19.8 Å². The van der Waals surface area contributed by atoms with E-state index in [0.29, 0.717) is 23.9 Å². The van der Waals surface area contributed by atoms with Crippen LogP contribution in [-0.2, 0) is 32.7 Å². The maximum Gasteiger partial charge on any atom is 0.306 e. The second-order valence-corrected chi connectivity index (χ2v) is 16.8. The van der Waals surface area contributed by atoms with Crippen molar-refractivity contribution in [1.82, 2.24) is 0 Å². The van der Waals surface area contributed by atoms with Crippen molar-refractivity contribution in [3.8, 4) is 0 Å². The monoisotopic (exact) mass is 758 g/mol. The number of hydrogen-bond acceptors (Lipinski definition) is 8. The van der Waals surface area contributed by atoms with E-state index in [1.54, 1.807) is 0 Å². The SMILES string of the molecule is CCCCCC/C=C/CCCCCCCCCC(=O)O[C@H](COC(=O)CCCCC/C=C/CCCCCCCC)COP(=O)([O-])OCC[N+](C)(C)C. The fraction of sp³-hybridized carbons (Fsp3) is 0.857. The minimum absolute atomic E-state index is 0.0329. The van der Waals surface area contributed by atoms with Gasteiger partial charge in [-0.2, -0.15) is 0 Å². The Morgan fingerprint density at radius 1 is 0.577 bits per heavy atom. The fourth-order valence-electron chi connectivity index (χ4n) is 5.58. The van der Waals surface area contributed by atoms with Gasteiger partial charge in [0.2, 0.25) is 0 Å². The molecule has 0 amide bonds. The first-order valence-electron chi connectivity index (χ1n) is 21.0. The molecule has 0 rings (SSSR count). The molecular formula is C42H80NO8P. The molecule has 2 atom stereocenters. The van der Waals surface area contributed by atoms with Gasteiger partial charge in [0.25, 0.3) is 7.82 Å². The number of ether oxygens (including phenoxy) is 2. The molecule has 0 aromatic carbocycles. The molecule has 0 fully saturated rings. The Labute approximate surface area is 319 Å². The van der Waals surface area contributed by atoms with E-state index < -0.39 is 32.5 Å². The van der Waals surface area contributed by atoms with Gasteiger partial charge in [0.05, 0.1) is 27.7 Å². The van der Waals surface area contributed by atoms with Crippen LogP contribution in [0.15, 0.2) is 24.3 Å². The number of allylic oxidation sites excluding steroid dienone is 4. The molecule has 52 heavy (non-hydrogen) atoms. The van der Waals surface area contributed by atoms with E-state index in [-0.39, 0.29) is 26.1 Å². The van der Waals surface area contributed by atoms with Gasteiger partial charge in [-0.3, -0.25) is 14.2 Å². The average Bonchev–Trinajstić information content (AvgIpc) is 3.09. The van der Waals surface area contributed by atoms with Crippen molar-refractivity contribution in [2.45, 2.75) is 187 Å². The predicted octanol–water partition coefficient (Wildman–Crippen LogP) is 10.9. The normalized spacial score (nSPS) is 13.9. The third kappa shape index (κ3) is 38.2. The van der Waals surface area contributed by atoms with Crippen molar-refractivity contribution in [2.75, 3.05) is 47.5 Å². The Bertz CT molecular complexity index is 949. The molecule has 306 valence electrons. The van der Waals surface area contributed by atoms with E-state index in [9.17, 15) is 19.0 Å². The van der Waals surface area contributed by atoms with Gasteiger partial charge in [-0.05, 0) is 64.2 Å². The third-order valence-corrected chi connectivity index (χ3v) is 9.91. The third-order valence-electron chi connectivity index (χ3n) is 8.94. The summed E-state index contributed by atoms with van der Waals surface area (Å²) in [6.45, 7) is 4.18. The summed E-state index contributed by atoms with van der Waals surface area (Å²) in [5, 5.41) is 0. The van der Waals surface area contributed by atoms with Crippen molar-refractivity contribution in [1.29, 1.82) is 0 Å². The highest BCUT2D eigenvalue weighted by atomic mass is 31.2. The van der Waals surface area contributed by atoms with Crippen LogP contribution in [-0.4, -0.2) is 70.0 Å².